The van der Waals surface area contributed by atoms with Gasteiger partial charge in [-0.3, -0.25) is 4.79 Å². The second kappa shape index (κ2) is 11.5. The molecule has 6 heteroatoms. The Balaban J connectivity index is 1.53. The summed E-state index contributed by atoms with van der Waals surface area (Å²) >= 11 is 6.14. The number of nitrogens with one attached hydrogen (secondary N) is 1. The lowest BCUT2D eigenvalue weighted by Gasteiger charge is -2.36. The Morgan fingerprint density at radius 2 is 1.68 bits per heavy atom. The van der Waals surface area contributed by atoms with Crippen LogP contribution >= 0.6 is 11.6 Å². The number of hydrogen-bond acceptors (Lipinski definition) is 4. The van der Waals surface area contributed by atoms with Crippen molar-refractivity contribution in [2.45, 2.75) is 47.5 Å². The fourth-order valence-corrected chi connectivity index (χ4v) is 5.70. The maximum atomic E-state index is 13.8. The molecule has 1 aliphatic carbocycles. The van der Waals surface area contributed by atoms with Gasteiger partial charge < -0.3 is 10.1 Å². The van der Waals surface area contributed by atoms with E-state index in [1.807, 2.05) is 80.6 Å². The first-order valence-electron chi connectivity index (χ1n) is 13.9. The van der Waals surface area contributed by atoms with Crippen LogP contribution in [0.2, 0.25) is 5.02 Å². The Morgan fingerprint density at radius 1 is 1.00 bits per heavy atom. The number of nitrogens with zero attached hydrogens (tertiary/aromatic N) is 1. The Bertz CT molecular complexity index is 1650. The summed E-state index contributed by atoms with van der Waals surface area (Å²) in [6.07, 6.45) is 3.66. The fraction of sp³-hybridized carbons (Fsp3) is 0.286. The number of carbonyl (C=O) groups is 2. The molecule has 1 atom stereocenters. The van der Waals surface area contributed by atoms with Crippen LogP contribution in [0.3, 0.4) is 0 Å². The first-order chi connectivity index (χ1) is 19.5. The molecule has 1 amide bonds. The molecule has 5 rings (SSSR count). The van der Waals surface area contributed by atoms with E-state index >= 15 is 0 Å². The molecule has 0 fully saturated rings. The van der Waals surface area contributed by atoms with Gasteiger partial charge in [0.15, 0.2) is 6.61 Å². The number of aromatic nitrogens is 1. The molecule has 5 nitrogen and oxygen atoms in total. The second-order valence-electron chi connectivity index (χ2n) is 12.0. The van der Waals surface area contributed by atoms with E-state index in [0.29, 0.717) is 28.2 Å². The Labute approximate surface area is 246 Å². The summed E-state index contributed by atoms with van der Waals surface area (Å²) in [5.74, 6) is -0.627. The molecule has 0 aliphatic heterocycles. The number of benzene rings is 3. The molecule has 3 aromatic carbocycles. The molecule has 1 unspecified atom stereocenters. The van der Waals surface area contributed by atoms with Gasteiger partial charge in [0.2, 0.25) is 0 Å². The van der Waals surface area contributed by atoms with E-state index in [1.54, 1.807) is 0 Å². The van der Waals surface area contributed by atoms with Gasteiger partial charge in [0.05, 0.1) is 16.8 Å². The van der Waals surface area contributed by atoms with E-state index in [4.69, 9.17) is 21.3 Å². The Hall–Kier alpha value is -3.96. The van der Waals surface area contributed by atoms with Gasteiger partial charge in [0, 0.05) is 16.1 Å². The quantitative estimate of drug-likeness (QED) is 0.246. The van der Waals surface area contributed by atoms with E-state index < -0.39 is 5.97 Å². The molecule has 0 saturated heterocycles. The number of aryl methyl sites for hydroxylation is 2. The lowest BCUT2D eigenvalue weighted by Crippen LogP contribution is -2.29. The van der Waals surface area contributed by atoms with Crippen LogP contribution in [0, 0.1) is 25.2 Å². The standard InChI is InChI=1S/C35H35ClN2O3/c1-21-14-22(2)16-27(15-21)37-31(39)20-41-34(40)32-28-8-6-7-9-30(28)38-33-24(17-23-10-12-26(36)13-11-23)18-25(19-29(32)33)35(3,4)5/h6-17,25H,18-20H2,1-5H3,(H,37,39)/b24-17-. The van der Waals surface area contributed by atoms with Gasteiger partial charge in [0.1, 0.15) is 0 Å². The van der Waals surface area contributed by atoms with Gasteiger partial charge in [-0.25, -0.2) is 9.78 Å². The molecular weight excluding hydrogens is 532 g/mol. The predicted octanol–water partition coefficient (Wildman–Crippen LogP) is 8.45. The van der Waals surface area contributed by atoms with Gasteiger partial charge in [-0.15, -0.1) is 0 Å². The average molecular weight is 567 g/mol. The monoisotopic (exact) mass is 566 g/mol. The van der Waals surface area contributed by atoms with Crippen LogP contribution < -0.4 is 5.32 Å². The zero-order valence-electron chi connectivity index (χ0n) is 24.2. The van der Waals surface area contributed by atoms with Crippen molar-refractivity contribution in [1.82, 2.24) is 4.98 Å². The number of rotatable bonds is 5. The van der Waals surface area contributed by atoms with E-state index in [-0.39, 0.29) is 23.8 Å². The highest BCUT2D eigenvalue weighted by molar-refractivity contribution is 6.30. The normalized spacial score (nSPS) is 16.0. The minimum absolute atomic E-state index is 0.00454. The van der Waals surface area contributed by atoms with Gasteiger partial charge >= 0.3 is 5.97 Å². The van der Waals surface area contributed by atoms with Crippen LogP contribution in [0.15, 0.2) is 66.7 Å². The summed E-state index contributed by atoms with van der Waals surface area (Å²) in [6, 6.07) is 21.2. The summed E-state index contributed by atoms with van der Waals surface area (Å²) in [5.41, 5.74) is 7.74. The van der Waals surface area contributed by atoms with Gasteiger partial charge in [-0.05, 0) is 102 Å². The van der Waals surface area contributed by atoms with E-state index in [0.717, 1.165) is 45.3 Å². The molecule has 1 N–H and O–H groups in total. The van der Waals surface area contributed by atoms with Crippen LogP contribution in [-0.2, 0) is 16.0 Å². The number of halogens is 1. The predicted molar refractivity (Wildman–Crippen MR) is 167 cm³/mol. The van der Waals surface area contributed by atoms with Crippen LogP contribution in [0.5, 0.6) is 0 Å². The third-order valence-corrected chi connectivity index (χ3v) is 7.95. The smallest absolute Gasteiger partial charge is 0.339 e. The molecule has 1 aromatic heterocycles. The lowest BCUT2D eigenvalue weighted by molar-refractivity contribution is -0.119. The van der Waals surface area contributed by atoms with Gasteiger partial charge in [0.25, 0.3) is 5.91 Å². The first kappa shape index (κ1) is 28.6. The number of allylic oxidation sites excluding steroid dienone is 1. The first-order valence-corrected chi connectivity index (χ1v) is 14.3. The van der Waals surface area contributed by atoms with Crippen LogP contribution in [-0.4, -0.2) is 23.5 Å². The summed E-state index contributed by atoms with van der Waals surface area (Å²) in [4.78, 5) is 31.6. The van der Waals surface area contributed by atoms with Gasteiger partial charge in [-0.1, -0.05) is 68.8 Å². The maximum absolute atomic E-state index is 13.8. The van der Waals surface area contributed by atoms with Crippen LogP contribution in [0.4, 0.5) is 5.69 Å². The minimum atomic E-state index is -0.518. The fourth-order valence-electron chi connectivity index (χ4n) is 5.58. The molecule has 0 radical (unpaired) electrons. The molecule has 1 heterocycles. The third kappa shape index (κ3) is 6.52. The summed E-state index contributed by atoms with van der Waals surface area (Å²) in [7, 11) is 0. The molecule has 0 bridgehead atoms. The molecule has 41 heavy (non-hydrogen) atoms. The highest BCUT2D eigenvalue weighted by Crippen LogP contribution is 2.45. The van der Waals surface area contributed by atoms with Crippen LogP contribution in [0.1, 0.15) is 65.5 Å². The number of ether oxygens (including phenoxy) is 1. The number of esters is 1. The van der Waals surface area contributed by atoms with Crippen molar-refractivity contribution in [2.24, 2.45) is 11.3 Å². The van der Waals surface area contributed by atoms with E-state index in [9.17, 15) is 9.59 Å². The van der Waals surface area contributed by atoms with E-state index in [1.165, 1.54) is 0 Å². The largest absolute Gasteiger partial charge is 0.452 e. The number of carbonyl (C=O) groups excluding carboxylic acids is 2. The highest BCUT2D eigenvalue weighted by Gasteiger charge is 2.35. The second-order valence-corrected chi connectivity index (χ2v) is 12.5. The molecule has 4 aromatic rings. The van der Waals surface area contributed by atoms with Crippen molar-refractivity contribution in [3.8, 4) is 0 Å². The SMILES string of the molecule is Cc1cc(C)cc(NC(=O)COC(=O)c2c3c(nc4ccccc24)/C(=C\c2ccc(Cl)cc2)CC(C(C)(C)C)C3)c1. The maximum Gasteiger partial charge on any atom is 0.339 e. The van der Waals surface area contributed by atoms with Crippen molar-refractivity contribution in [1.29, 1.82) is 0 Å². The van der Waals surface area contributed by atoms with Crippen molar-refractivity contribution < 1.29 is 14.3 Å². The minimum Gasteiger partial charge on any atom is -0.452 e. The number of pyridine rings is 1. The summed E-state index contributed by atoms with van der Waals surface area (Å²) < 4.78 is 5.67. The average Bonchev–Trinajstić information content (AvgIpc) is 2.90. The highest BCUT2D eigenvalue weighted by atomic mass is 35.5. The topological polar surface area (TPSA) is 68.3 Å². The van der Waals surface area contributed by atoms with Crippen molar-refractivity contribution in [2.75, 3.05) is 11.9 Å². The Morgan fingerprint density at radius 3 is 2.37 bits per heavy atom. The van der Waals surface area contributed by atoms with Crippen molar-refractivity contribution in [3.63, 3.8) is 0 Å². The van der Waals surface area contributed by atoms with E-state index in [2.05, 4.69) is 32.2 Å². The number of hydrogen-bond donors (Lipinski definition) is 1. The molecule has 210 valence electrons. The third-order valence-electron chi connectivity index (χ3n) is 7.69. The van der Waals surface area contributed by atoms with Crippen LogP contribution in [0.25, 0.3) is 22.6 Å². The Kier molecular flexibility index (Phi) is 8.01. The molecule has 0 spiro atoms. The van der Waals surface area contributed by atoms with Crippen molar-refractivity contribution >= 4 is 51.7 Å². The number of anilines is 1. The summed E-state index contributed by atoms with van der Waals surface area (Å²) in [5, 5.41) is 4.26. The number of amides is 1. The molecular formula is C35H35ClN2O3. The van der Waals surface area contributed by atoms with Gasteiger partial charge in [-0.2, -0.15) is 0 Å². The van der Waals surface area contributed by atoms with Crippen molar-refractivity contribution in [3.05, 3.63) is 105 Å². The zero-order chi connectivity index (χ0) is 29.3. The summed E-state index contributed by atoms with van der Waals surface area (Å²) in [6.45, 7) is 10.3. The molecule has 1 aliphatic rings. The number of fused-ring (bicyclic) bond motifs is 2. The zero-order valence-corrected chi connectivity index (χ0v) is 24.9. The lowest BCUT2D eigenvalue weighted by atomic mass is 9.69. The number of para-hydroxylation sites is 1. The molecule has 0 saturated carbocycles.